The predicted molar refractivity (Wildman–Crippen MR) is 75.0 cm³/mol. The first-order valence-electron chi connectivity index (χ1n) is 6.69. The zero-order chi connectivity index (χ0) is 13.2. The lowest BCUT2D eigenvalue weighted by molar-refractivity contribution is -0.00924. The van der Waals surface area contributed by atoms with Gasteiger partial charge < -0.3 is 5.11 Å². The first-order valence-corrected chi connectivity index (χ1v) is 7.48. The highest BCUT2D eigenvalue weighted by atomic mass is 79.9. The summed E-state index contributed by atoms with van der Waals surface area (Å²) in [6, 6.07) is 5.00. The Labute approximate surface area is 117 Å². The van der Waals surface area contributed by atoms with Crippen molar-refractivity contribution in [2.24, 2.45) is 5.92 Å². The van der Waals surface area contributed by atoms with Gasteiger partial charge in [0.25, 0.3) is 0 Å². The van der Waals surface area contributed by atoms with Crippen LogP contribution in [0.4, 0.5) is 4.39 Å². The molecule has 0 spiro atoms. The minimum atomic E-state index is -0.594. The van der Waals surface area contributed by atoms with E-state index >= 15 is 0 Å². The van der Waals surface area contributed by atoms with Crippen molar-refractivity contribution < 1.29 is 9.50 Å². The molecular weight excluding hydrogens is 295 g/mol. The number of hydrogen-bond acceptors (Lipinski definition) is 1. The lowest BCUT2D eigenvalue weighted by atomic mass is 9.75. The summed E-state index contributed by atoms with van der Waals surface area (Å²) in [5.41, 5.74) is 0.406. The van der Waals surface area contributed by atoms with Crippen molar-refractivity contribution in [2.45, 2.75) is 51.0 Å². The molecule has 1 nitrogen and oxygen atoms in total. The highest BCUT2D eigenvalue weighted by Gasteiger charge is 2.32. The van der Waals surface area contributed by atoms with Crippen LogP contribution in [0.15, 0.2) is 22.7 Å². The van der Waals surface area contributed by atoms with E-state index in [0.29, 0.717) is 10.9 Å². The zero-order valence-electron chi connectivity index (χ0n) is 10.8. The average molecular weight is 315 g/mol. The van der Waals surface area contributed by atoms with E-state index in [2.05, 4.69) is 22.9 Å². The van der Waals surface area contributed by atoms with Crippen molar-refractivity contribution in [3.05, 3.63) is 34.1 Å². The molecule has 0 heterocycles. The van der Waals surface area contributed by atoms with E-state index in [1.54, 1.807) is 12.1 Å². The molecular formula is C15H20BrFO. The van der Waals surface area contributed by atoms with Gasteiger partial charge in [0.05, 0.1) is 10.1 Å². The standard InChI is InChI=1S/C15H20BrFO/c1-2-11-5-7-15(18,8-6-11)10-12-3-4-14(17)13(16)9-12/h3-4,9,11,18H,2,5-8,10H2,1H3. The summed E-state index contributed by atoms with van der Waals surface area (Å²) in [5, 5.41) is 10.6. The van der Waals surface area contributed by atoms with E-state index in [-0.39, 0.29) is 5.82 Å². The summed E-state index contributed by atoms with van der Waals surface area (Å²) in [5.74, 6) is 0.519. The molecule has 0 bridgehead atoms. The minimum absolute atomic E-state index is 0.250. The van der Waals surface area contributed by atoms with Gasteiger partial charge in [0.15, 0.2) is 0 Å². The third-order valence-electron chi connectivity index (χ3n) is 4.13. The van der Waals surface area contributed by atoms with Crippen LogP contribution in [0.1, 0.15) is 44.6 Å². The first-order chi connectivity index (χ1) is 8.52. The summed E-state index contributed by atoms with van der Waals surface area (Å²) in [4.78, 5) is 0. The van der Waals surface area contributed by atoms with Crippen LogP contribution in [0, 0.1) is 11.7 Å². The van der Waals surface area contributed by atoms with Crippen LogP contribution in [0.3, 0.4) is 0 Å². The van der Waals surface area contributed by atoms with Crippen molar-refractivity contribution in [3.8, 4) is 0 Å². The summed E-state index contributed by atoms with van der Waals surface area (Å²) < 4.78 is 13.6. The number of halogens is 2. The van der Waals surface area contributed by atoms with Gasteiger partial charge in [-0.15, -0.1) is 0 Å². The fourth-order valence-electron chi connectivity index (χ4n) is 2.83. The molecule has 0 aromatic heterocycles. The van der Waals surface area contributed by atoms with Crippen LogP contribution >= 0.6 is 15.9 Å². The Bertz CT molecular complexity index is 411. The molecule has 1 fully saturated rings. The number of hydrogen-bond donors (Lipinski definition) is 1. The second kappa shape index (κ2) is 5.70. The van der Waals surface area contributed by atoms with E-state index in [1.165, 1.54) is 12.5 Å². The molecule has 0 radical (unpaired) electrons. The van der Waals surface area contributed by atoms with Gasteiger partial charge in [-0.1, -0.05) is 19.4 Å². The fraction of sp³-hybridized carbons (Fsp3) is 0.600. The normalized spacial score (nSPS) is 28.3. The third kappa shape index (κ3) is 3.33. The second-order valence-corrected chi connectivity index (χ2v) is 6.36. The van der Waals surface area contributed by atoms with Crippen LogP contribution in [-0.4, -0.2) is 10.7 Å². The molecule has 3 heteroatoms. The highest BCUT2D eigenvalue weighted by molar-refractivity contribution is 9.10. The van der Waals surface area contributed by atoms with E-state index in [0.717, 1.165) is 37.2 Å². The summed E-state index contributed by atoms with van der Waals surface area (Å²) >= 11 is 3.19. The van der Waals surface area contributed by atoms with Gasteiger partial charge in [-0.05, 0) is 65.2 Å². The lowest BCUT2D eigenvalue weighted by Gasteiger charge is -2.36. The maximum Gasteiger partial charge on any atom is 0.137 e. The fourth-order valence-corrected chi connectivity index (χ4v) is 3.26. The smallest absolute Gasteiger partial charge is 0.137 e. The maximum atomic E-state index is 13.2. The van der Waals surface area contributed by atoms with Gasteiger partial charge in [0, 0.05) is 6.42 Å². The SMILES string of the molecule is CCC1CCC(O)(Cc2ccc(F)c(Br)c2)CC1. The number of aliphatic hydroxyl groups is 1. The molecule has 0 aliphatic heterocycles. The average Bonchev–Trinajstić information content (AvgIpc) is 2.35. The van der Waals surface area contributed by atoms with Gasteiger partial charge in [-0.25, -0.2) is 4.39 Å². The molecule has 1 aliphatic rings. The Morgan fingerprint density at radius 3 is 2.61 bits per heavy atom. The quantitative estimate of drug-likeness (QED) is 0.873. The van der Waals surface area contributed by atoms with E-state index < -0.39 is 5.60 Å². The molecule has 1 aromatic carbocycles. The molecule has 1 aliphatic carbocycles. The van der Waals surface area contributed by atoms with Crippen LogP contribution in [0.25, 0.3) is 0 Å². The molecule has 0 amide bonds. The Hall–Kier alpha value is -0.410. The van der Waals surface area contributed by atoms with E-state index in [9.17, 15) is 9.50 Å². The van der Waals surface area contributed by atoms with Crippen LogP contribution in [0.5, 0.6) is 0 Å². The van der Waals surface area contributed by atoms with Crippen LogP contribution < -0.4 is 0 Å². The Morgan fingerprint density at radius 1 is 1.39 bits per heavy atom. The zero-order valence-corrected chi connectivity index (χ0v) is 12.3. The van der Waals surface area contributed by atoms with Gasteiger partial charge in [0.1, 0.15) is 5.82 Å². The summed E-state index contributed by atoms with van der Waals surface area (Å²) in [6.45, 7) is 2.21. The van der Waals surface area contributed by atoms with Crippen molar-refractivity contribution >= 4 is 15.9 Å². The summed E-state index contributed by atoms with van der Waals surface area (Å²) in [6.07, 6.45) is 5.77. The molecule has 0 unspecified atom stereocenters. The molecule has 0 atom stereocenters. The van der Waals surface area contributed by atoms with Crippen LogP contribution in [0.2, 0.25) is 0 Å². The Kier molecular flexibility index (Phi) is 4.44. The van der Waals surface area contributed by atoms with Gasteiger partial charge >= 0.3 is 0 Å². The van der Waals surface area contributed by atoms with Crippen molar-refractivity contribution in [3.63, 3.8) is 0 Å². The lowest BCUT2D eigenvalue weighted by Crippen LogP contribution is -2.36. The molecule has 2 rings (SSSR count). The molecule has 1 saturated carbocycles. The first kappa shape index (κ1) is 14.0. The Balaban J connectivity index is 2.02. The monoisotopic (exact) mass is 314 g/mol. The molecule has 18 heavy (non-hydrogen) atoms. The van der Waals surface area contributed by atoms with Crippen molar-refractivity contribution in [1.29, 1.82) is 0 Å². The van der Waals surface area contributed by atoms with Gasteiger partial charge in [-0.3, -0.25) is 0 Å². The van der Waals surface area contributed by atoms with E-state index in [4.69, 9.17) is 0 Å². The number of benzene rings is 1. The van der Waals surface area contributed by atoms with Crippen LogP contribution in [-0.2, 0) is 6.42 Å². The van der Waals surface area contributed by atoms with Crippen molar-refractivity contribution in [2.75, 3.05) is 0 Å². The Morgan fingerprint density at radius 2 is 2.06 bits per heavy atom. The molecule has 1 N–H and O–H groups in total. The highest BCUT2D eigenvalue weighted by Crippen LogP contribution is 2.36. The molecule has 1 aromatic rings. The van der Waals surface area contributed by atoms with Crippen molar-refractivity contribution in [1.82, 2.24) is 0 Å². The van der Waals surface area contributed by atoms with Gasteiger partial charge in [-0.2, -0.15) is 0 Å². The van der Waals surface area contributed by atoms with E-state index in [1.807, 2.05) is 0 Å². The third-order valence-corrected chi connectivity index (χ3v) is 4.74. The minimum Gasteiger partial charge on any atom is -0.390 e. The molecule has 100 valence electrons. The number of rotatable bonds is 3. The second-order valence-electron chi connectivity index (χ2n) is 5.50. The predicted octanol–water partition coefficient (Wildman–Crippen LogP) is 4.46. The summed E-state index contributed by atoms with van der Waals surface area (Å²) in [7, 11) is 0. The van der Waals surface area contributed by atoms with Gasteiger partial charge in [0.2, 0.25) is 0 Å². The largest absolute Gasteiger partial charge is 0.390 e. The molecule has 0 saturated heterocycles. The maximum absolute atomic E-state index is 13.2. The topological polar surface area (TPSA) is 20.2 Å².